The molecule has 2 aromatic carbocycles. The lowest BCUT2D eigenvalue weighted by Crippen LogP contribution is -2.23. The summed E-state index contributed by atoms with van der Waals surface area (Å²) in [5, 5.41) is 2.57. The van der Waals surface area contributed by atoms with Crippen molar-refractivity contribution in [2.24, 2.45) is 0 Å². The molecule has 0 atom stereocenters. The third-order valence-electron chi connectivity index (χ3n) is 3.38. The first kappa shape index (κ1) is 15.0. The third kappa shape index (κ3) is 3.13. The Morgan fingerprint density at radius 2 is 1.83 bits per heavy atom. The van der Waals surface area contributed by atoms with E-state index in [0.717, 1.165) is 12.1 Å². The lowest BCUT2D eigenvalue weighted by atomic mass is 10.2. The highest BCUT2D eigenvalue weighted by Gasteiger charge is 2.23. The predicted molar refractivity (Wildman–Crippen MR) is 79.4 cm³/mol. The second-order valence-electron chi connectivity index (χ2n) is 4.90. The summed E-state index contributed by atoms with van der Waals surface area (Å²) in [4.78, 5) is 24.9. The van der Waals surface area contributed by atoms with Gasteiger partial charge in [0.25, 0.3) is 5.91 Å². The largest absolute Gasteiger partial charge is 0.447 e. The molecule has 0 radical (unpaired) electrons. The van der Waals surface area contributed by atoms with Crippen molar-refractivity contribution in [3.8, 4) is 0 Å². The van der Waals surface area contributed by atoms with Gasteiger partial charge in [-0.25, -0.2) is 13.6 Å². The summed E-state index contributed by atoms with van der Waals surface area (Å²) in [5.74, 6) is -2.65. The van der Waals surface area contributed by atoms with Crippen molar-refractivity contribution in [1.29, 1.82) is 0 Å². The molecule has 5 nitrogen and oxygen atoms in total. The number of nitrogens with one attached hydrogen (secondary N) is 1. The Bertz CT molecular complexity index is 762. The predicted octanol–water partition coefficient (Wildman–Crippen LogP) is 3.17. The highest BCUT2D eigenvalue weighted by Crippen LogP contribution is 2.21. The highest BCUT2D eigenvalue weighted by molar-refractivity contribution is 6.04. The number of cyclic esters (lactones) is 1. The molecule has 7 heteroatoms. The topological polar surface area (TPSA) is 58.6 Å². The molecular weight excluding hydrogens is 306 g/mol. The fourth-order valence-corrected chi connectivity index (χ4v) is 2.19. The van der Waals surface area contributed by atoms with Gasteiger partial charge in [0.2, 0.25) is 0 Å². The van der Waals surface area contributed by atoms with Crippen LogP contribution in [-0.4, -0.2) is 25.2 Å². The minimum absolute atomic E-state index is 0.0103. The van der Waals surface area contributed by atoms with Crippen molar-refractivity contribution in [3.05, 3.63) is 59.7 Å². The average Bonchev–Trinajstić information content (AvgIpc) is 2.97. The van der Waals surface area contributed by atoms with E-state index in [1.54, 1.807) is 24.3 Å². The van der Waals surface area contributed by atoms with Gasteiger partial charge < -0.3 is 10.1 Å². The Balaban J connectivity index is 1.71. The van der Waals surface area contributed by atoms with Gasteiger partial charge in [0.05, 0.1) is 6.54 Å². The summed E-state index contributed by atoms with van der Waals surface area (Å²) in [6.07, 6.45) is -0.413. The number of amides is 2. The van der Waals surface area contributed by atoms with E-state index in [-0.39, 0.29) is 5.56 Å². The standard InChI is InChI=1S/C16H12F2N2O3/c17-13-6-1-10(9-14(13)18)15(21)19-11-2-4-12(5-3-11)20-7-8-23-16(20)22/h1-6,9H,7-8H2,(H,19,21). The molecule has 3 rings (SSSR count). The zero-order valence-electron chi connectivity index (χ0n) is 11.9. The number of halogens is 2. The molecule has 1 aliphatic rings. The van der Waals surface area contributed by atoms with Crippen LogP contribution in [0.2, 0.25) is 0 Å². The van der Waals surface area contributed by atoms with Crippen LogP contribution in [0.3, 0.4) is 0 Å². The number of benzene rings is 2. The lowest BCUT2D eigenvalue weighted by Gasteiger charge is -2.13. The molecule has 2 aromatic rings. The van der Waals surface area contributed by atoms with Crippen LogP contribution in [0.1, 0.15) is 10.4 Å². The maximum Gasteiger partial charge on any atom is 0.414 e. The molecule has 0 bridgehead atoms. The van der Waals surface area contributed by atoms with Crippen LogP contribution >= 0.6 is 0 Å². The molecule has 0 spiro atoms. The van der Waals surface area contributed by atoms with Crippen molar-refractivity contribution < 1.29 is 23.1 Å². The molecule has 0 aliphatic carbocycles. The number of anilines is 2. The zero-order chi connectivity index (χ0) is 16.4. The molecular formula is C16H12F2N2O3. The quantitative estimate of drug-likeness (QED) is 0.945. The molecule has 118 valence electrons. The van der Waals surface area contributed by atoms with Gasteiger partial charge in [-0.2, -0.15) is 0 Å². The molecule has 1 N–H and O–H groups in total. The Morgan fingerprint density at radius 1 is 1.09 bits per heavy atom. The molecule has 1 fully saturated rings. The highest BCUT2D eigenvalue weighted by atomic mass is 19.2. The number of hydrogen-bond donors (Lipinski definition) is 1. The SMILES string of the molecule is O=C(Nc1ccc(N2CCOC2=O)cc1)c1ccc(F)c(F)c1. The van der Waals surface area contributed by atoms with Gasteiger partial charge in [0.15, 0.2) is 11.6 Å². The second kappa shape index (κ2) is 6.04. The van der Waals surface area contributed by atoms with E-state index in [0.29, 0.717) is 24.5 Å². The summed E-state index contributed by atoms with van der Waals surface area (Å²) in [5.41, 5.74) is 1.13. The Kier molecular flexibility index (Phi) is 3.92. The number of hydrogen-bond acceptors (Lipinski definition) is 3. The van der Waals surface area contributed by atoms with E-state index < -0.39 is 23.6 Å². The molecule has 0 aromatic heterocycles. The fourth-order valence-electron chi connectivity index (χ4n) is 2.19. The molecule has 0 saturated carbocycles. The van der Waals surface area contributed by atoms with Crippen molar-refractivity contribution in [3.63, 3.8) is 0 Å². The van der Waals surface area contributed by atoms with E-state index in [9.17, 15) is 18.4 Å². The summed E-state index contributed by atoms with van der Waals surface area (Å²) in [7, 11) is 0. The van der Waals surface area contributed by atoms with Crippen LogP contribution in [0, 0.1) is 11.6 Å². The van der Waals surface area contributed by atoms with Crippen molar-refractivity contribution in [2.45, 2.75) is 0 Å². The summed E-state index contributed by atoms with van der Waals surface area (Å²) < 4.78 is 30.8. The van der Waals surface area contributed by atoms with Crippen molar-refractivity contribution in [1.82, 2.24) is 0 Å². The van der Waals surface area contributed by atoms with E-state index in [1.807, 2.05) is 0 Å². The molecule has 1 heterocycles. The lowest BCUT2D eigenvalue weighted by molar-refractivity contribution is 0.102. The second-order valence-corrected chi connectivity index (χ2v) is 4.90. The molecule has 0 unspecified atom stereocenters. The minimum Gasteiger partial charge on any atom is -0.447 e. The first-order valence-corrected chi connectivity index (χ1v) is 6.85. The van der Waals surface area contributed by atoms with Gasteiger partial charge in [-0.1, -0.05) is 0 Å². The minimum atomic E-state index is -1.08. The van der Waals surface area contributed by atoms with Crippen LogP contribution in [0.5, 0.6) is 0 Å². The van der Waals surface area contributed by atoms with Crippen LogP contribution in [0.15, 0.2) is 42.5 Å². The molecule has 2 amide bonds. The number of rotatable bonds is 3. The molecule has 1 aliphatic heterocycles. The fraction of sp³-hybridized carbons (Fsp3) is 0.125. The third-order valence-corrected chi connectivity index (χ3v) is 3.38. The number of nitrogens with zero attached hydrogens (tertiary/aromatic N) is 1. The Hall–Kier alpha value is -2.96. The van der Waals surface area contributed by atoms with Gasteiger partial charge in [-0.15, -0.1) is 0 Å². The summed E-state index contributed by atoms with van der Waals surface area (Å²) in [6.45, 7) is 0.812. The maximum atomic E-state index is 13.1. The van der Waals surface area contributed by atoms with E-state index >= 15 is 0 Å². The van der Waals surface area contributed by atoms with Gasteiger partial charge in [-0.05, 0) is 42.5 Å². The van der Waals surface area contributed by atoms with Crippen LogP contribution in [-0.2, 0) is 4.74 Å². The van der Waals surface area contributed by atoms with E-state index in [4.69, 9.17) is 4.74 Å². The van der Waals surface area contributed by atoms with Crippen molar-refractivity contribution >= 4 is 23.4 Å². The Labute approximate surface area is 130 Å². The maximum absolute atomic E-state index is 13.1. The van der Waals surface area contributed by atoms with Crippen LogP contribution in [0.25, 0.3) is 0 Å². The van der Waals surface area contributed by atoms with E-state index in [2.05, 4.69) is 5.32 Å². The number of carbonyl (C=O) groups excluding carboxylic acids is 2. The zero-order valence-corrected chi connectivity index (χ0v) is 11.9. The summed E-state index contributed by atoms with van der Waals surface area (Å²) >= 11 is 0. The van der Waals surface area contributed by atoms with Gasteiger partial charge in [0.1, 0.15) is 6.61 Å². The van der Waals surface area contributed by atoms with Crippen LogP contribution < -0.4 is 10.2 Å². The van der Waals surface area contributed by atoms with E-state index in [1.165, 1.54) is 11.0 Å². The molecule has 23 heavy (non-hydrogen) atoms. The van der Waals surface area contributed by atoms with Crippen molar-refractivity contribution in [2.75, 3.05) is 23.4 Å². The van der Waals surface area contributed by atoms with Gasteiger partial charge in [0, 0.05) is 16.9 Å². The van der Waals surface area contributed by atoms with Crippen LogP contribution in [0.4, 0.5) is 25.0 Å². The van der Waals surface area contributed by atoms with Gasteiger partial charge >= 0.3 is 6.09 Å². The first-order valence-electron chi connectivity index (χ1n) is 6.85. The monoisotopic (exact) mass is 318 g/mol. The first-order chi connectivity index (χ1) is 11.0. The normalized spacial score (nSPS) is 13.8. The number of carbonyl (C=O) groups is 2. The number of ether oxygens (including phenoxy) is 1. The smallest absolute Gasteiger partial charge is 0.414 e. The average molecular weight is 318 g/mol. The Morgan fingerprint density at radius 3 is 2.43 bits per heavy atom. The van der Waals surface area contributed by atoms with Gasteiger partial charge in [-0.3, -0.25) is 9.69 Å². The molecule has 1 saturated heterocycles. The summed E-state index contributed by atoms with van der Waals surface area (Å²) in [6, 6.07) is 9.46.